The number of ether oxygens (including phenoxy) is 3. The molecule has 0 heterocycles. The molecule has 1 rings (SSSR count). The van der Waals surface area contributed by atoms with Gasteiger partial charge in [0.15, 0.2) is 6.10 Å². The van der Waals surface area contributed by atoms with Crippen molar-refractivity contribution in [3.63, 3.8) is 0 Å². The minimum Gasteiger partial charge on any atom is -0.495 e. The first-order chi connectivity index (χ1) is 13.0. The number of carbonyl (C=O) groups excluding carboxylic acids is 3. The van der Waals surface area contributed by atoms with Gasteiger partial charge in [-0.2, -0.15) is 0 Å². The lowest BCUT2D eigenvalue weighted by Crippen LogP contribution is -2.33. The van der Waals surface area contributed by atoms with Crippen molar-refractivity contribution in [2.75, 3.05) is 19.0 Å². The van der Waals surface area contributed by atoms with E-state index in [1.54, 1.807) is 32.9 Å². The number of nitrogens with one attached hydrogen (secondary N) is 2. The van der Waals surface area contributed by atoms with Crippen molar-refractivity contribution in [1.82, 2.24) is 5.32 Å². The first-order valence-corrected chi connectivity index (χ1v) is 9.20. The highest BCUT2D eigenvalue weighted by Crippen LogP contribution is 2.27. The summed E-state index contributed by atoms with van der Waals surface area (Å²) in [5.41, 5.74) is -0.207. The Hall–Kier alpha value is -2.48. The van der Waals surface area contributed by atoms with E-state index >= 15 is 0 Å². The van der Waals surface area contributed by atoms with Crippen LogP contribution in [0.2, 0.25) is 5.02 Å². The lowest BCUT2D eigenvalue weighted by atomic mass is 10.2. The molecule has 0 aliphatic rings. The smallest absolute Gasteiger partial charge is 0.407 e. The highest BCUT2D eigenvalue weighted by molar-refractivity contribution is 6.31. The molecule has 0 aliphatic carbocycles. The fourth-order valence-corrected chi connectivity index (χ4v) is 2.23. The molecule has 1 aromatic carbocycles. The third kappa shape index (κ3) is 8.94. The van der Waals surface area contributed by atoms with Gasteiger partial charge in [0, 0.05) is 18.0 Å². The summed E-state index contributed by atoms with van der Waals surface area (Å²) in [6.07, 6.45) is -1.15. The van der Waals surface area contributed by atoms with Crippen LogP contribution in [0.4, 0.5) is 10.5 Å². The zero-order valence-electron chi connectivity index (χ0n) is 16.8. The minimum atomic E-state index is -1.00. The van der Waals surface area contributed by atoms with Gasteiger partial charge in [-0.1, -0.05) is 11.6 Å². The Morgan fingerprint density at radius 2 is 1.89 bits per heavy atom. The number of amides is 2. The van der Waals surface area contributed by atoms with Gasteiger partial charge < -0.3 is 24.8 Å². The average Bonchev–Trinajstić information content (AvgIpc) is 2.57. The molecule has 0 saturated carbocycles. The van der Waals surface area contributed by atoms with Crippen molar-refractivity contribution in [2.45, 2.75) is 52.2 Å². The van der Waals surface area contributed by atoms with E-state index in [1.807, 2.05) is 0 Å². The summed E-state index contributed by atoms with van der Waals surface area (Å²) in [5.74, 6) is -0.628. The number of benzene rings is 1. The van der Waals surface area contributed by atoms with Crippen LogP contribution in [0.25, 0.3) is 0 Å². The van der Waals surface area contributed by atoms with Gasteiger partial charge in [-0.15, -0.1) is 0 Å². The van der Waals surface area contributed by atoms with E-state index < -0.39 is 29.7 Å². The summed E-state index contributed by atoms with van der Waals surface area (Å²) >= 11 is 5.92. The van der Waals surface area contributed by atoms with E-state index in [0.717, 1.165) is 0 Å². The van der Waals surface area contributed by atoms with Gasteiger partial charge in [0.25, 0.3) is 5.91 Å². The van der Waals surface area contributed by atoms with Crippen molar-refractivity contribution in [3.05, 3.63) is 23.2 Å². The molecule has 9 heteroatoms. The van der Waals surface area contributed by atoms with Crippen LogP contribution in [0.15, 0.2) is 18.2 Å². The zero-order valence-corrected chi connectivity index (χ0v) is 17.5. The fraction of sp³-hybridized carbons (Fsp3) is 0.526. The van der Waals surface area contributed by atoms with E-state index in [-0.39, 0.29) is 13.0 Å². The van der Waals surface area contributed by atoms with Crippen LogP contribution in [-0.4, -0.2) is 43.3 Å². The molecule has 0 saturated heterocycles. The van der Waals surface area contributed by atoms with Crippen LogP contribution in [0.5, 0.6) is 5.75 Å². The van der Waals surface area contributed by atoms with Crippen LogP contribution >= 0.6 is 11.6 Å². The standard InChI is InChI=1S/C19H27ClN2O6/c1-12(17(24)22-14-11-13(20)8-9-15(14)26-5)27-16(23)7-6-10-21-18(25)28-19(2,3)4/h8-9,11-12H,6-7,10H2,1-5H3,(H,21,25)(H,22,24)/t12-/m1/s1. The molecule has 8 nitrogen and oxygen atoms in total. The number of halogens is 1. The predicted octanol–water partition coefficient (Wildman–Crippen LogP) is 3.52. The number of anilines is 1. The Morgan fingerprint density at radius 3 is 2.50 bits per heavy atom. The highest BCUT2D eigenvalue weighted by atomic mass is 35.5. The Balaban J connectivity index is 2.39. The molecular weight excluding hydrogens is 388 g/mol. The Bertz CT molecular complexity index is 702. The SMILES string of the molecule is COc1ccc(Cl)cc1NC(=O)[C@@H](C)OC(=O)CCCNC(=O)OC(C)(C)C. The van der Waals surface area contributed by atoms with Crippen molar-refractivity contribution in [3.8, 4) is 5.75 Å². The maximum Gasteiger partial charge on any atom is 0.407 e. The van der Waals surface area contributed by atoms with Crippen LogP contribution in [0, 0.1) is 0 Å². The van der Waals surface area contributed by atoms with Crippen molar-refractivity contribution in [2.24, 2.45) is 0 Å². The van der Waals surface area contributed by atoms with E-state index in [4.69, 9.17) is 25.8 Å². The lowest BCUT2D eigenvalue weighted by Gasteiger charge is -2.19. The van der Waals surface area contributed by atoms with Crippen molar-refractivity contribution < 1.29 is 28.6 Å². The van der Waals surface area contributed by atoms with E-state index in [0.29, 0.717) is 22.9 Å². The molecular formula is C19H27ClN2O6. The maximum atomic E-state index is 12.2. The van der Waals surface area contributed by atoms with Crippen LogP contribution in [-0.2, 0) is 19.1 Å². The highest BCUT2D eigenvalue weighted by Gasteiger charge is 2.20. The monoisotopic (exact) mass is 414 g/mol. The third-order valence-electron chi connectivity index (χ3n) is 3.32. The molecule has 2 N–H and O–H groups in total. The third-order valence-corrected chi connectivity index (χ3v) is 3.56. The molecule has 0 unspecified atom stereocenters. The molecule has 0 spiro atoms. The van der Waals surface area contributed by atoms with Crippen LogP contribution < -0.4 is 15.4 Å². The average molecular weight is 415 g/mol. The second-order valence-electron chi connectivity index (χ2n) is 7.00. The van der Waals surface area contributed by atoms with Gasteiger partial charge in [-0.05, 0) is 52.3 Å². The number of alkyl carbamates (subject to hydrolysis) is 1. The van der Waals surface area contributed by atoms with E-state index in [1.165, 1.54) is 20.1 Å². The Kier molecular flexibility index (Phi) is 9.05. The maximum absolute atomic E-state index is 12.2. The molecule has 1 atom stereocenters. The first-order valence-electron chi connectivity index (χ1n) is 8.82. The summed E-state index contributed by atoms with van der Waals surface area (Å²) in [6, 6.07) is 4.78. The molecule has 0 aliphatic heterocycles. The van der Waals surface area contributed by atoms with Gasteiger partial charge in [-0.3, -0.25) is 9.59 Å². The quantitative estimate of drug-likeness (QED) is 0.498. The van der Waals surface area contributed by atoms with Gasteiger partial charge in [0.2, 0.25) is 0 Å². The van der Waals surface area contributed by atoms with Crippen molar-refractivity contribution >= 4 is 35.3 Å². The second-order valence-corrected chi connectivity index (χ2v) is 7.43. The number of methoxy groups -OCH3 is 1. The number of esters is 1. The largest absolute Gasteiger partial charge is 0.495 e. The second kappa shape index (κ2) is 10.8. The van der Waals surface area contributed by atoms with E-state index in [9.17, 15) is 14.4 Å². The van der Waals surface area contributed by atoms with Crippen LogP contribution in [0.3, 0.4) is 0 Å². The lowest BCUT2D eigenvalue weighted by molar-refractivity contribution is -0.153. The number of carbonyl (C=O) groups is 3. The van der Waals surface area contributed by atoms with Gasteiger partial charge in [0.05, 0.1) is 12.8 Å². The van der Waals surface area contributed by atoms with Crippen molar-refractivity contribution in [1.29, 1.82) is 0 Å². The number of hydrogen-bond acceptors (Lipinski definition) is 6. The summed E-state index contributed by atoms with van der Waals surface area (Å²) in [6.45, 7) is 6.99. The summed E-state index contributed by atoms with van der Waals surface area (Å²) < 4.78 is 15.3. The molecule has 0 bridgehead atoms. The predicted molar refractivity (Wildman–Crippen MR) is 106 cm³/mol. The topological polar surface area (TPSA) is 103 Å². The Labute approximate surface area is 169 Å². The summed E-state index contributed by atoms with van der Waals surface area (Å²) in [7, 11) is 1.47. The summed E-state index contributed by atoms with van der Waals surface area (Å²) in [4.78, 5) is 35.6. The molecule has 0 radical (unpaired) electrons. The molecule has 0 aromatic heterocycles. The molecule has 28 heavy (non-hydrogen) atoms. The normalized spacial score (nSPS) is 11.9. The first kappa shape index (κ1) is 23.6. The number of hydrogen-bond donors (Lipinski definition) is 2. The number of rotatable bonds is 8. The van der Waals surface area contributed by atoms with Gasteiger partial charge in [-0.25, -0.2) is 4.79 Å². The fourth-order valence-electron chi connectivity index (χ4n) is 2.06. The molecule has 1 aromatic rings. The van der Waals surface area contributed by atoms with Gasteiger partial charge >= 0.3 is 12.1 Å². The zero-order chi connectivity index (χ0) is 21.3. The van der Waals surface area contributed by atoms with E-state index in [2.05, 4.69) is 10.6 Å². The molecule has 2 amide bonds. The van der Waals surface area contributed by atoms with Crippen LogP contribution in [0.1, 0.15) is 40.5 Å². The minimum absolute atomic E-state index is 0.0495. The molecule has 0 fully saturated rings. The summed E-state index contributed by atoms with van der Waals surface area (Å²) in [5, 5.41) is 5.59. The Morgan fingerprint density at radius 1 is 1.21 bits per heavy atom. The molecule has 156 valence electrons. The van der Waals surface area contributed by atoms with Gasteiger partial charge in [0.1, 0.15) is 11.4 Å².